The van der Waals surface area contributed by atoms with E-state index in [9.17, 15) is 4.79 Å². The lowest BCUT2D eigenvalue weighted by Crippen LogP contribution is -2.11. The minimum absolute atomic E-state index is 0.165. The highest BCUT2D eigenvalue weighted by Gasteiger charge is 2.17. The largest absolute Gasteiger partial charge is 0.328 e. The molecule has 1 amide bonds. The standard InChI is InChI=1S/C21H21N5OS/c1-4-18-25-16-12-14(9-10-17(16)26(18)5-2)24-20(27)19-13(3)23-21(28-19)15-8-6-7-11-22-15/h6-12H,4-5H2,1-3H3,(H,24,27). The van der Waals surface area contributed by atoms with E-state index in [1.165, 1.54) is 11.3 Å². The number of aromatic nitrogens is 4. The summed E-state index contributed by atoms with van der Waals surface area (Å²) in [6, 6.07) is 11.5. The van der Waals surface area contributed by atoms with Crippen LogP contribution in [0.5, 0.6) is 0 Å². The molecular formula is C21H21N5OS. The number of pyridine rings is 1. The molecule has 3 aromatic heterocycles. The third-order valence-electron chi connectivity index (χ3n) is 4.60. The lowest BCUT2D eigenvalue weighted by molar-refractivity contribution is 0.103. The first kappa shape index (κ1) is 18.3. The predicted octanol–water partition coefficient (Wildman–Crippen LogP) is 4.70. The first-order valence-corrected chi connectivity index (χ1v) is 10.1. The molecule has 7 heteroatoms. The highest BCUT2D eigenvalue weighted by Crippen LogP contribution is 2.28. The number of hydrogen-bond acceptors (Lipinski definition) is 5. The Labute approximate surface area is 167 Å². The number of fused-ring (bicyclic) bond motifs is 1. The predicted molar refractivity (Wildman–Crippen MR) is 113 cm³/mol. The third-order valence-corrected chi connectivity index (χ3v) is 5.78. The number of amides is 1. The third kappa shape index (κ3) is 3.29. The van der Waals surface area contributed by atoms with Crippen molar-refractivity contribution in [1.82, 2.24) is 19.5 Å². The Kier molecular flexibility index (Phi) is 4.92. The van der Waals surface area contributed by atoms with E-state index in [4.69, 9.17) is 4.98 Å². The highest BCUT2D eigenvalue weighted by molar-refractivity contribution is 7.17. The average molecular weight is 392 g/mol. The molecular weight excluding hydrogens is 370 g/mol. The number of imidazole rings is 1. The summed E-state index contributed by atoms with van der Waals surface area (Å²) < 4.78 is 2.20. The molecule has 142 valence electrons. The van der Waals surface area contributed by atoms with Crippen molar-refractivity contribution in [3.05, 3.63) is 59.0 Å². The Morgan fingerprint density at radius 3 is 2.75 bits per heavy atom. The number of thiazole rings is 1. The smallest absolute Gasteiger partial charge is 0.267 e. The number of anilines is 1. The van der Waals surface area contributed by atoms with Gasteiger partial charge in [-0.15, -0.1) is 11.3 Å². The van der Waals surface area contributed by atoms with E-state index in [0.29, 0.717) is 10.6 Å². The van der Waals surface area contributed by atoms with Crippen LogP contribution in [0.2, 0.25) is 0 Å². The molecule has 0 aliphatic rings. The Hall–Kier alpha value is -3.06. The van der Waals surface area contributed by atoms with Gasteiger partial charge in [0.05, 0.1) is 22.4 Å². The number of nitrogens with zero attached hydrogens (tertiary/aromatic N) is 4. The maximum Gasteiger partial charge on any atom is 0.267 e. The number of rotatable bonds is 5. The van der Waals surface area contributed by atoms with Crippen molar-refractivity contribution in [1.29, 1.82) is 0 Å². The van der Waals surface area contributed by atoms with E-state index in [1.54, 1.807) is 6.20 Å². The fourth-order valence-electron chi connectivity index (χ4n) is 3.27. The van der Waals surface area contributed by atoms with Gasteiger partial charge in [0.2, 0.25) is 0 Å². The van der Waals surface area contributed by atoms with Crippen LogP contribution in [0.1, 0.15) is 35.0 Å². The molecule has 0 spiro atoms. The van der Waals surface area contributed by atoms with Gasteiger partial charge < -0.3 is 9.88 Å². The van der Waals surface area contributed by atoms with E-state index >= 15 is 0 Å². The fraction of sp³-hybridized carbons (Fsp3) is 0.238. The molecule has 0 bridgehead atoms. The topological polar surface area (TPSA) is 72.7 Å². The number of nitrogens with one attached hydrogen (secondary N) is 1. The number of aryl methyl sites for hydroxylation is 3. The molecule has 1 N–H and O–H groups in total. The lowest BCUT2D eigenvalue weighted by Gasteiger charge is -2.06. The van der Waals surface area contributed by atoms with Crippen LogP contribution in [-0.2, 0) is 13.0 Å². The monoisotopic (exact) mass is 391 g/mol. The maximum absolute atomic E-state index is 12.8. The SMILES string of the molecule is CCc1nc2cc(NC(=O)c3sc(-c4ccccn4)nc3C)ccc2n1CC. The number of benzene rings is 1. The van der Waals surface area contributed by atoms with Gasteiger partial charge in [0.15, 0.2) is 0 Å². The van der Waals surface area contributed by atoms with Gasteiger partial charge in [0, 0.05) is 24.8 Å². The summed E-state index contributed by atoms with van der Waals surface area (Å²) in [6.45, 7) is 6.93. The summed E-state index contributed by atoms with van der Waals surface area (Å²) in [5.41, 5.74) is 4.18. The molecule has 6 nitrogen and oxygen atoms in total. The van der Waals surface area contributed by atoms with Crippen molar-refractivity contribution < 1.29 is 4.79 Å². The summed E-state index contributed by atoms with van der Waals surface area (Å²) in [5.74, 6) is 0.890. The van der Waals surface area contributed by atoms with Crippen LogP contribution in [0.15, 0.2) is 42.6 Å². The zero-order chi connectivity index (χ0) is 19.7. The Morgan fingerprint density at radius 2 is 2.04 bits per heavy atom. The van der Waals surface area contributed by atoms with Crippen LogP contribution in [-0.4, -0.2) is 25.4 Å². The van der Waals surface area contributed by atoms with Gasteiger partial charge in [0.1, 0.15) is 15.7 Å². The number of carbonyl (C=O) groups is 1. The van der Waals surface area contributed by atoms with Gasteiger partial charge in [-0.1, -0.05) is 13.0 Å². The minimum atomic E-state index is -0.165. The maximum atomic E-state index is 12.8. The molecule has 4 rings (SSSR count). The lowest BCUT2D eigenvalue weighted by atomic mass is 10.2. The zero-order valence-corrected chi connectivity index (χ0v) is 16.9. The van der Waals surface area contributed by atoms with Crippen molar-refractivity contribution in [2.75, 3.05) is 5.32 Å². The zero-order valence-electron chi connectivity index (χ0n) is 16.1. The second-order valence-electron chi connectivity index (χ2n) is 6.43. The molecule has 0 aliphatic carbocycles. The molecule has 0 radical (unpaired) electrons. The van der Waals surface area contributed by atoms with E-state index in [-0.39, 0.29) is 5.91 Å². The van der Waals surface area contributed by atoms with Gasteiger partial charge in [-0.2, -0.15) is 0 Å². The molecule has 0 fully saturated rings. The van der Waals surface area contributed by atoms with Gasteiger partial charge in [-0.05, 0) is 44.2 Å². The molecule has 0 atom stereocenters. The van der Waals surface area contributed by atoms with Crippen LogP contribution in [0, 0.1) is 6.92 Å². The van der Waals surface area contributed by atoms with E-state index in [1.807, 2.05) is 43.3 Å². The molecule has 4 aromatic rings. The van der Waals surface area contributed by atoms with Crippen LogP contribution < -0.4 is 5.32 Å². The first-order valence-electron chi connectivity index (χ1n) is 9.30. The van der Waals surface area contributed by atoms with E-state index in [0.717, 1.165) is 46.2 Å². The Morgan fingerprint density at radius 1 is 1.18 bits per heavy atom. The van der Waals surface area contributed by atoms with E-state index < -0.39 is 0 Å². The van der Waals surface area contributed by atoms with Gasteiger partial charge in [0.25, 0.3) is 5.91 Å². The Bertz CT molecular complexity index is 1150. The van der Waals surface area contributed by atoms with Crippen LogP contribution >= 0.6 is 11.3 Å². The van der Waals surface area contributed by atoms with Crippen molar-refractivity contribution in [3.8, 4) is 10.7 Å². The van der Waals surface area contributed by atoms with Gasteiger partial charge in [-0.3, -0.25) is 9.78 Å². The molecule has 0 saturated carbocycles. The molecule has 0 unspecified atom stereocenters. The second kappa shape index (κ2) is 7.52. The second-order valence-corrected chi connectivity index (χ2v) is 7.43. The van der Waals surface area contributed by atoms with Crippen molar-refractivity contribution in [2.45, 2.75) is 33.7 Å². The summed E-state index contributed by atoms with van der Waals surface area (Å²) in [5, 5.41) is 3.73. The molecule has 1 aromatic carbocycles. The molecule has 0 saturated heterocycles. The van der Waals surface area contributed by atoms with Crippen LogP contribution in [0.3, 0.4) is 0 Å². The summed E-state index contributed by atoms with van der Waals surface area (Å²) in [7, 11) is 0. The number of hydrogen-bond donors (Lipinski definition) is 1. The normalized spacial score (nSPS) is 11.1. The fourth-order valence-corrected chi connectivity index (χ4v) is 4.21. The van der Waals surface area contributed by atoms with Crippen molar-refractivity contribution >= 4 is 34.0 Å². The Balaban J connectivity index is 1.61. The summed E-state index contributed by atoms with van der Waals surface area (Å²) >= 11 is 1.35. The summed E-state index contributed by atoms with van der Waals surface area (Å²) in [4.78, 5) is 26.9. The van der Waals surface area contributed by atoms with Crippen LogP contribution in [0.4, 0.5) is 5.69 Å². The van der Waals surface area contributed by atoms with Crippen molar-refractivity contribution in [2.24, 2.45) is 0 Å². The number of carbonyl (C=O) groups excluding carboxylic acids is 1. The quantitative estimate of drug-likeness (QED) is 0.535. The highest BCUT2D eigenvalue weighted by atomic mass is 32.1. The average Bonchev–Trinajstić information content (AvgIpc) is 3.28. The van der Waals surface area contributed by atoms with Gasteiger partial charge >= 0.3 is 0 Å². The molecule has 28 heavy (non-hydrogen) atoms. The van der Waals surface area contributed by atoms with Crippen molar-refractivity contribution in [3.63, 3.8) is 0 Å². The molecule has 3 heterocycles. The minimum Gasteiger partial charge on any atom is -0.328 e. The van der Waals surface area contributed by atoms with Gasteiger partial charge in [-0.25, -0.2) is 9.97 Å². The molecule has 0 aliphatic heterocycles. The van der Waals surface area contributed by atoms with E-state index in [2.05, 4.69) is 33.7 Å². The first-order chi connectivity index (χ1) is 13.6. The summed E-state index contributed by atoms with van der Waals surface area (Å²) in [6.07, 6.45) is 2.60. The van der Waals surface area contributed by atoms with Crippen LogP contribution in [0.25, 0.3) is 21.7 Å².